The standard InChI is InChI=1S/C23H31N3O/c1-23(2,19-9-4-3-5-10-19)17-22(27)26(18-20-11-6-7-15-25-20)21-12-8-14-24-16-13-21/h3-7,9-11,15,21,24H,8,12-14,16-18H2,1-2H3. The van der Waals surface area contributed by atoms with Crippen LogP contribution in [0.15, 0.2) is 54.7 Å². The molecule has 1 aliphatic heterocycles. The molecule has 2 heterocycles. The summed E-state index contributed by atoms with van der Waals surface area (Å²) in [5.41, 5.74) is 1.98. The molecule has 1 aromatic carbocycles. The van der Waals surface area contributed by atoms with Crippen molar-refractivity contribution in [3.05, 3.63) is 66.0 Å². The van der Waals surface area contributed by atoms with Crippen LogP contribution >= 0.6 is 0 Å². The van der Waals surface area contributed by atoms with Crippen molar-refractivity contribution in [1.29, 1.82) is 0 Å². The maximum atomic E-state index is 13.4. The number of nitrogens with one attached hydrogen (secondary N) is 1. The maximum Gasteiger partial charge on any atom is 0.224 e. The van der Waals surface area contributed by atoms with E-state index in [-0.39, 0.29) is 17.4 Å². The van der Waals surface area contributed by atoms with Crippen molar-refractivity contribution in [2.45, 2.75) is 57.5 Å². The number of nitrogens with zero attached hydrogens (tertiary/aromatic N) is 2. The zero-order valence-corrected chi connectivity index (χ0v) is 16.5. The van der Waals surface area contributed by atoms with Gasteiger partial charge < -0.3 is 10.2 Å². The van der Waals surface area contributed by atoms with Gasteiger partial charge >= 0.3 is 0 Å². The lowest BCUT2D eigenvalue weighted by molar-refractivity contribution is -0.135. The van der Waals surface area contributed by atoms with E-state index in [1.165, 1.54) is 5.56 Å². The molecule has 0 spiro atoms. The van der Waals surface area contributed by atoms with E-state index in [2.05, 4.69) is 41.2 Å². The van der Waals surface area contributed by atoms with Gasteiger partial charge in [0, 0.05) is 18.7 Å². The first-order chi connectivity index (χ1) is 13.1. The van der Waals surface area contributed by atoms with E-state index in [9.17, 15) is 4.79 Å². The van der Waals surface area contributed by atoms with Crippen molar-refractivity contribution in [3.63, 3.8) is 0 Å². The summed E-state index contributed by atoms with van der Waals surface area (Å²) in [7, 11) is 0. The zero-order chi connectivity index (χ0) is 19.1. The highest BCUT2D eigenvalue weighted by molar-refractivity contribution is 5.78. The minimum Gasteiger partial charge on any atom is -0.334 e. The number of hydrogen-bond donors (Lipinski definition) is 1. The fraction of sp³-hybridized carbons (Fsp3) is 0.478. The molecule has 4 nitrogen and oxygen atoms in total. The fourth-order valence-electron chi connectivity index (χ4n) is 3.87. The van der Waals surface area contributed by atoms with Gasteiger partial charge in [-0.2, -0.15) is 0 Å². The Kier molecular flexibility index (Phi) is 6.62. The van der Waals surface area contributed by atoms with E-state index in [0.717, 1.165) is 38.0 Å². The number of amides is 1. The molecule has 0 saturated carbocycles. The molecular formula is C23H31N3O. The molecule has 1 N–H and O–H groups in total. The molecule has 144 valence electrons. The molecule has 1 fully saturated rings. The summed E-state index contributed by atoms with van der Waals surface area (Å²) in [6, 6.07) is 16.6. The summed E-state index contributed by atoms with van der Waals surface area (Å²) < 4.78 is 0. The number of carbonyl (C=O) groups is 1. The SMILES string of the molecule is CC(C)(CC(=O)N(Cc1ccccn1)C1CCCNCC1)c1ccccc1. The van der Waals surface area contributed by atoms with Gasteiger partial charge in [-0.3, -0.25) is 9.78 Å². The molecule has 1 aliphatic rings. The Bertz CT molecular complexity index is 707. The van der Waals surface area contributed by atoms with Gasteiger partial charge in [0.2, 0.25) is 5.91 Å². The Morgan fingerprint density at radius 1 is 1.11 bits per heavy atom. The number of benzene rings is 1. The van der Waals surface area contributed by atoms with Crippen LogP contribution in [0.2, 0.25) is 0 Å². The largest absolute Gasteiger partial charge is 0.334 e. The van der Waals surface area contributed by atoms with Crippen LogP contribution in [0.4, 0.5) is 0 Å². The summed E-state index contributed by atoms with van der Waals surface area (Å²) in [4.78, 5) is 20.0. The average Bonchev–Trinajstić information content (AvgIpc) is 2.96. The van der Waals surface area contributed by atoms with E-state index >= 15 is 0 Å². The van der Waals surface area contributed by atoms with Gasteiger partial charge in [-0.1, -0.05) is 50.2 Å². The molecular weight excluding hydrogens is 334 g/mol. The van der Waals surface area contributed by atoms with Crippen molar-refractivity contribution in [1.82, 2.24) is 15.2 Å². The first-order valence-corrected chi connectivity index (χ1v) is 10.0. The Morgan fingerprint density at radius 2 is 1.89 bits per heavy atom. The summed E-state index contributed by atoms with van der Waals surface area (Å²) in [5.74, 6) is 0.224. The fourth-order valence-corrected chi connectivity index (χ4v) is 3.87. The Hall–Kier alpha value is -2.20. The topological polar surface area (TPSA) is 45.2 Å². The Balaban J connectivity index is 1.79. The molecule has 27 heavy (non-hydrogen) atoms. The number of hydrogen-bond acceptors (Lipinski definition) is 3. The zero-order valence-electron chi connectivity index (χ0n) is 16.5. The molecule has 1 amide bonds. The lowest BCUT2D eigenvalue weighted by Gasteiger charge is -2.34. The van der Waals surface area contributed by atoms with E-state index in [1.807, 2.05) is 36.4 Å². The van der Waals surface area contributed by atoms with Crippen LogP contribution in [0.25, 0.3) is 0 Å². The molecule has 3 rings (SSSR count). The third-order valence-corrected chi connectivity index (χ3v) is 5.51. The van der Waals surface area contributed by atoms with Crippen molar-refractivity contribution < 1.29 is 4.79 Å². The summed E-state index contributed by atoms with van der Waals surface area (Å²) in [5, 5.41) is 3.46. The minimum absolute atomic E-state index is 0.191. The third-order valence-electron chi connectivity index (χ3n) is 5.51. The predicted molar refractivity (Wildman–Crippen MR) is 109 cm³/mol. The second kappa shape index (κ2) is 9.14. The molecule has 0 aliphatic carbocycles. The third kappa shape index (κ3) is 5.39. The van der Waals surface area contributed by atoms with Crippen LogP contribution in [0.3, 0.4) is 0 Å². The van der Waals surface area contributed by atoms with Gasteiger partial charge in [0.1, 0.15) is 0 Å². The van der Waals surface area contributed by atoms with Crippen LogP contribution in [0.5, 0.6) is 0 Å². The predicted octanol–water partition coefficient (Wildman–Crippen LogP) is 3.92. The molecule has 2 aromatic rings. The number of rotatable bonds is 6. The molecule has 1 atom stereocenters. The lowest BCUT2D eigenvalue weighted by atomic mass is 9.81. The van der Waals surface area contributed by atoms with Gasteiger partial charge in [0.25, 0.3) is 0 Å². The highest BCUT2D eigenvalue weighted by Gasteiger charge is 2.31. The van der Waals surface area contributed by atoms with E-state index in [1.54, 1.807) is 6.20 Å². The molecule has 4 heteroatoms. The van der Waals surface area contributed by atoms with Gasteiger partial charge in [-0.25, -0.2) is 0 Å². The highest BCUT2D eigenvalue weighted by atomic mass is 16.2. The van der Waals surface area contributed by atoms with Crippen molar-refractivity contribution in [2.75, 3.05) is 13.1 Å². The van der Waals surface area contributed by atoms with Crippen LogP contribution in [0, 0.1) is 0 Å². The average molecular weight is 366 g/mol. The normalized spacial score (nSPS) is 17.9. The monoisotopic (exact) mass is 365 g/mol. The van der Waals surface area contributed by atoms with Gasteiger partial charge in [0.05, 0.1) is 12.2 Å². The highest BCUT2D eigenvalue weighted by Crippen LogP contribution is 2.29. The first kappa shape index (κ1) is 19.6. The number of pyridine rings is 1. The van der Waals surface area contributed by atoms with E-state index in [0.29, 0.717) is 13.0 Å². The van der Waals surface area contributed by atoms with Gasteiger partial charge in [0.15, 0.2) is 0 Å². The number of aromatic nitrogens is 1. The second-order valence-corrected chi connectivity index (χ2v) is 8.10. The van der Waals surface area contributed by atoms with Crippen molar-refractivity contribution >= 4 is 5.91 Å². The Labute approximate surface area is 163 Å². The summed E-state index contributed by atoms with van der Waals surface area (Å²) in [6.07, 6.45) is 5.48. The van der Waals surface area contributed by atoms with E-state index in [4.69, 9.17) is 0 Å². The van der Waals surface area contributed by atoms with Crippen LogP contribution < -0.4 is 5.32 Å². The second-order valence-electron chi connectivity index (χ2n) is 8.10. The van der Waals surface area contributed by atoms with Crippen LogP contribution in [0.1, 0.15) is 50.8 Å². The van der Waals surface area contributed by atoms with Gasteiger partial charge in [-0.15, -0.1) is 0 Å². The summed E-state index contributed by atoms with van der Waals surface area (Å²) in [6.45, 7) is 6.92. The smallest absolute Gasteiger partial charge is 0.224 e. The molecule has 1 aromatic heterocycles. The summed E-state index contributed by atoms with van der Waals surface area (Å²) >= 11 is 0. The molecule has 1 unspecified atom stereocenters. The molecule has 0 bridgehead atoms. The lowest BCUT2D eigenvalue weighted by Crippen LogP contribution is -2.42. The minimum atomic E-state index is -0.191. The van der Waals surface area contributed by atoms with Crippen molar-refractivity contribution in [3.8, 4) is 0 Å². The number of carbonyl (C=O) groups excluding carboxylic acids is 1. The first-order valence-electron chi connectivity index (χ1n) is 10.0. The Morgan fingerprint density at radius 3 is 2.63 bits per heavy atom. The quantitative estimate of drug-likeness (QED) is 0.844. The maximum absolute atomic E-state index is 13.4. The molecule has 1 saturated heterocycles. The van der Waals surface area contributed by atoms with Gasteiger partial charge in [-0.05, 0) is 55.5 Å². The van der Waals surface area contributed by atoms with Crippen LogP contribution in [-0.4, -0.2) is 34.9 Å². The molecule has 0 radical (unpaired) electrons. The van der Waals surface area contributed by atoms with Crippen molar-refractivity contribution in [2.24, 2.45) is 0 Å². The van der Waals surface area contributed by atoms with E-state index < -0.39 is 0 Å². The van der Waals surface area contributed by atoms with Crippen LogP contribution in [-0.2, 0) is 16.8 Å².